The molecular formula is C44H20Br8MnN4O12S4+. The first kappa shape index (κ1) is 57.3. The third-order valence-corrected chi connectivity index (χ3v) is 21.9. The summed E-state index contributed by atoms with van der Waals surface area (Å²) in [5, 5.41) is 25.4. The molecule has 29 heteroatoms. The maximum Gasteiger partial charge on any atom is 3.00 e. The van der Waals surface area contributed by atoms with Crippen LogP contribution in [0.2, 0.25) is 0 Å². The Morgan fingerprint density at radius 2 is 0.644 bits per heavy atom. The normalized spacial score (nSPS) is 13.0. The van der Waals surface area contributed by atoms with Gasteiger partial charge in [-0.05, 0) is 157 Å². The number of benzene rings is 4. The Morgan fingerprint density at radius 1 is 0.411 bits per heavy atom. The Bertz CT molecular complexity index is 3620. The molecule has 0 radical (unpaired) electrons. The van der Waals surface area contributed by atoms with Crippen LogP contribution in [0.15, 0.2) is 135 Å². The molecule has 0 atom stereocenters. The van der Waals surface area contributed by atoms with Crippen molar-refractivity contribution in [1.29, 1.82) is 0 Å². The van der Waals surface area contributed by atoms with Gasteiger partial charge in [-0.15, -0.1) is 30.7 Å². The molecule has 4 N–H and O–H groups in total. The van der Waals surface area contributed by atoms with Crippen molar-refractivity contribution in [1.82, 2.24) is 19.9 Å². The standard InChI is InChI=1S/C44H20Br8N4O12S4.Mn/c45-29-30(46)38-26(18-3-11-22(12-4-18)70-68-66-58)40-32(48)34(50)42(55-40)28(20-7-15-24(16-8-20)72(62,63)64)44-36(52)35(51)43(56-44)27(19-5-13-23(14-6-19)71(59,60)61)41-33(49)31(47)39(54-41)25(37(29)53-38)17-1-9-21(10-2-17)69-67-65-57;/h1-16,57-58H,(H,59,60,61)(H,62,63,64);/q-2;+3. The van der Waals surface area contributed by atoms with Crippen molar-refractivity contribution >= 4 is 212 Å². The summed E-state index contributed by atoms with van der Waals surface area (Å²) < 4.78 is 82.3. The van der Waals surface area contributed by atoms with Crippen LogP contribution in [0.5, 0.6) is 0 Å². The Hall–Kier alpha value is -1.88. The summed E-state index contributed by atoms with van der Waals surface area (Å²) in [5.74, 6) is 0. The summed E-state index contributed by atoms with van der Waals surface area (Å²) in [7, 11) is -9.21. The molecule has 0 amide bonds. The maximum atomic E-state index is 12.3. The van der Waals surface area contributed by atoms with E-state index in [0.717, 1.165) is 24.1 Å². The first-order valence-electron chi connectivity index (χ1n) is 19.5. The Balaban J connectivity index is 0.00000711. The van der Waals surface area contributed by atoms with Gasteiger partial charge >= 0.3 is 17.1 Å². The average Bonchev–Trinajstić information content (AvgIpc) is 4.02. The smallest absolute Gasteiger partial charge is 0.655 e. The molecule has 16 nitrogen and oxygen atoms in total. The molecule has 9 rings (SSSR count). The van der Waals surface area contributed by atoms with Gasteiger partial charge in [0, 0.05) is 27.7 Å². The predicted molar refractivity (Wildman–Crippen MR) is 302 cm³/mol. The van der Waals surface area contributed by atoms with Gasteiger partial charge in [-0.2, -0.15) is 16.8 Å². The van der Waals surface area contributed by atoms with E-state index >= 15 is 0 Å². The van der Waals surface area contributed by atoms with Crippen LogP contribution in [0.4, 0.5) is 0 Å². The van der Waals surface area contributed by atoms with Gasteiger partial charge in [-0.1, -0.05) is 122 Å². The van der Waals surface area contributed by atoms with Crippen LogP contribution in [0.1, 0.15) is 22.8 Å². The van der Waals surface area contributed by atoms with Gasteiger partial charge in [0.2, 0.25) is 0 Å². The minimum absolute atomic E-state index is 0. The largest absolute Gasteiger partial charge is 3.00 e. The Labute approximate surface area is 499 Å². The summed E-state index contributed by atoms with van der Waals surface area (Å²) in [6.07, 6.45) is 0. The average molecular weight is 1620 g/mol. The van der Waals surface area contributed by atoms with E-state index in [1.54, 1.807) is 48.5 Å². The molecule has 4 aromatic carbocycles. The van der Waals surface area contributed by atoms with Gasteiger partial charge in [-0.3, -0.25) is 9.11 Å². The van der Waals surface area contributed by atoms with Crippen LogP contribution in [-0.4, -0.2) is 46.4 Å². The van der Waals surface area contributed by atoms with Crippen LogP contribution in [0, 0.1) is 0 Å². The first-order chi connectivity index (χ1) is 34.2. The zero-order chi connectivity index (χ0) is 51.6. The molecule has 8 bridgehead atoms. The van der Waals surface area contributed by atoms with Crippen molar-refractivity contribution in [3.8, 4) is 44.5 Å². The van der Waals surface area contributed by atoms with E-state index in [2.05, 4.69) is 138 Å². The summed E-state index contributed by atoms with van der Waals surface area (Å²) >= 11 is 32.2. The molecule has 0 unspecified atom stereocenters. The summed E-state index contributed by atoms with van der Waals surface area (Å²) in [4.78, 5) is 21.8. The molecule has 5 heterocycles. The predicted octanol–water partition coefficient (Wildman–Crippen LogP) is 15.9. The molecule has 2 aliphatic heterocycles. The number of rotatable bonds is 12. The van der Waals surface area contributed by atoms with Crippen molar-refractivity contribution in [3.05, 3.63) is 138 Å². The van der Waals surface area contributed by atoms with Crippen molar-refractivity contribution in [2.75, 3.05) is 0 Å². The molecule has 0 aliphatic carbocycles. The topological polar surface area (TPSA) is 240 Å². The molecule has 0 fully saturated rings. The van der Waals surface area contributed by atoms with E-state index in [4.69, 9.17) is 39.1 Å². The maximum absolute atomic E-state index is 12.3. The van der Waals surface area contributed by atoms with E-state index in [9.17, 15) is 25.9 Å². The number of hydrogen-bond acceptors (Lipinski definition) is 14. The van der Waals surface area contributed by atoms with Crippen molar-refractivity contribution in [3.63, 3.8) is 0 Å². The minimum Gasteiger partial charge on any atom is -0.655 e. The fourth-order valence-corrected chi connectivity index (χ4v) is 13.1. The molecule has 374 valence electrons. The number of halogens is 8. The van der Waals surface area contributed by atoms with E-state index < -0.39 is 20.2 Å². The molecule has 3 aromatic heterocycles. The molecule has 0 saturated carbocycles. The number of nitrogens with zero attached hydrogens (tertiary/aromatic N) is 4. The second kappa shape index (κ2) is 23.2. The van der Waals surface area contributed by atoms with Crippen LogP contribution >= 0.6 is 152 Å². The molecule has 7 aromatic rings. The van der Waals surface area contributed by atoms with Gasteiger partial charge in [-0.25, -0.2) is 20.5 Å². The third kappa shape index (κ3) is 11.2. The van der Waals surface area contributed by atoms with Gasteiger partial charge in [0.05, 0.1) is 74.6 Å². The van der Waals surface area contributed by atoms with Crippen molar-refractivity contribution < 1.29 is 72.3 Å². The van der Waals surface area contributed by atoms with Gasteiger partial charge < -0.3 is 9.97 Å². The second-order valence-corrected chi connectivity index (χ2v) is 25.5. The summed E-state index contributed by atoms with van der Waals surface area (Å²) in [5.41, 5.74) is 6.59. The van der Waals surface area contributed by atoms with E-state index in [-0.39, 0.29) is 26.9 Å². The Kier molecular flexibility index (Phi) is 18.2. The van der Waals surface area contributed by atoms with E-state index in [1.165, 1.54) is 48.5 Å². The van der Waals surface area contributed by atoms with Gasteiger partial charge in [0.25, 0.3) is 20.2 Å². The molecular weight excluding hydrogens is 1600 g/mol. The SMILES string of the molecule is O=S(=O)(O)c1ccc(-c2c3nc(c(-c4ccc(SOOO)cc4)c4[n-]c(c(Br)c4Br)c(-c4ccc(SOOO)cc4)c4nc(c(-c5ccc(S(=O)(=O)O)cc5)c5[n-]c2c(Br)c5Br)C(Br)=C4Br)C(Br)=C3Br)cc1.[Mn+3]. The van der Waals surface area contributed by atoms with Crippen molar-refractivity contribution in [2.24, 2.45) is 0 Å². The fraction of sp³-hybridized carbons (Fsp3) is 0. The third-order valence-electron chi connectivity index (χ3n) is 10.7. The molecule has 0 saturated heterocycles. The van der Waals surface area contributed by atoms with Crippen molar-refractivity contribution in [2.45, 2.75) is 19.6 Å². The minimum atomic E-state index is -4.61. The fourth-order valence-electron chi connectivity index (χ4n) is 7.59. The second-order valence-electron chi connectivity index (χ2n) is 14.7. The Morgan fingerprint density at radius 3 is 0.863 bits per heavy atom. The molecule has 0 spiro atoms. The van der Waals surface area contributed by atoms with Crippen LogP contribution in [-0.2, 0) is 56.0 Å². The monoisotopic (exact) mass is 1610 g/mol. The zero-order valence-electron chi connectivity index (χ0n) is 35.1. The number of hydrogen-bond donors (Lipinski definition) is 4. The number of aromatic nitrogens is 4. The summed E-state index contributed by atoms with van der Waals surface area (Å²) in [6.45, 7) is 0. The molecule has 73 heavy (non-hydrogen) atoms. The van der Waals surface area contributed by atoms with Gasteiger partial charge in [0.15, 0.2) is 0 Å². The van der Waals surface area contributed by atoms with Crippen LogP contribution in [0.3, 0.4) is 0 Å². The van der Waals surface area contributed by atoms with E-state index in [1.807, 2.05) is 0 Å². The quantitative estimate of drug-likeness (QED) is 0.0292. The van der Waals surface area contributed by atoms with Gasteiger partial charge in [0.1, 0.15) is 0 Å². The first-order valence-corrected chi connectivity index (χ1v) is 30.2. The number of fused-ring (bicyclic) bond motifs is 8. The summed E-state index contributed by atoms with van der Waals surface area (Å²) in [6, 6.07) is 25.2. The van der Waals surface area contributed by atoms with E-state index in [0.29, 0.717) is 135 Å². The van der Waals surface area contributed by atoms with Crippen LogP contribution < -0.4 is 9.97 Å². The van der Waals surface area contributed by atoms with Crippen LogP contribution in [0.25, 0.3) is 84.5 Å². The zero-order valence-corrected chi connectivity index (χ0v) is 52.3. The molecule has 2 aliphatic rings.